The maximum Gasteiger partial charge on any atom is 0.253 e. The second-order valence-electron chi connectivity index (χ2n) is 5.31. The molecule has 1 aromatic rings. The number of anilines is 1. The molecule has 1 amide bonds. The Bertz CT molecular complexity index is 647. The van der Waals surface area contributed by atoms with Crippen LogP contribution in [0.4, 0.5) is 5.69 Å². The van der Waals surface area contributed by atoms with Crippen LogP contribution >= 0.6 is 0 Å². The van der Waals surface area contributed by atoms with Crippen LogP contribution in [0, 0.1) is 0 Å². The average Bonchev–Trinajstić information content (AvgIpc) is 2.54. The number of sulfonamides is 1. The molecule has 128 valence electrons. The maximum atomic E-state index is 12.1. The van der Waals surface area contributed by atoms with Crippen molar-refractivity contribution in [2.24, 2.45) is 0 Å². The lowest BCUT2D eigenvalue weighted by molar-refractivity contribution is -0.129. The summed E-state index contributed by atoms with van der Waals surface area (Å²) in [7, 11) is -1.73. The molecular formula is C15H22N2O5S. The third-order valence-corrected chi connectivity index (χ3v) is 5.05. The van der Waals surface area contributed by atoms with Crippen LogP contribution in [-0.4, -0.2) is 53.0 Å². The molecule has 1 atom stereocenters. The molecule has 0 spiro atoms. The van der Waals surface area contributed by atoms with Crippen LogP contribution < -0.4 is 14.4 Å². The highest BCUT2D eigenvalue weighted by atomic mass is 32.2. The van der Waals surface area contributed by atoms with E-state index in [-0.39, 0.29) is 30.9 Å². The van der Waals surface area contributed by atoms with E-state index in [9.17, 15) is 13.2 Å². The van der Waals surface area contributed by atoms with Gasteiger partial charge in [-0.1, -0.05) is 13.0 Å². The van der Waals surface area contributed by atoms with Crippen molar-refractivity contribution in [2.45, 2.75) is 19.4 Å². The number of hydrogen-bond acceptors (Lipinski definition) is 5. The number of carbonyl (C=O) groups is 1. The summed E-state index contributed by atoms with van der Waals surface area (Å²) in [6.45, 7) is 2.17. The number of amides is 1. The monoisotopic (exact) mass is 342 g/mol. The van der Waals surface area contributed by atoms with Crippen molar-refractivity contribution >= 4 is 21.6 Å². The Hall–Kier alpha value is -1.64. The van der Waals surface area contributed by atoms with Crippen LogP contribution in [0.1, 0.15) is 13.3 Å². The first-order valence-corrected chi connectivity index (χ1v) is 9.13. The maximum absolute atomic E-state index is 12.1. The van der Waals surface area contributed by atoms with Gasteiger partial charge in [-0.15, -0.1) is 0 Å². The molecule has 0 saturated carbocycles. The van der Waals surface area contributed by atoms with Crippen molar-refractivity contribution < 1.29 is 22.7 Å². The van der Waals surface area contributed by atoms with E-state index in [0.29, 0.717) is 24.4 Å². The molecule has 0 bridgehead atoms. The zero-order valence-electron chi connectivity index (χ0n) is 13.3. The van der Waals surface area contributed by atoms with E-state index in [1.54, 1.807) is 37.1 Å². The standard InChI is InChI=1S/C15H22N2O5S/c1-3-7-23(19,20)16-9-14-10-17(15(18)11-22-14)12-5-4-6-13(8-12)21-2/h4-6,8,14,16H,3,7,9-11H2,1-2H3. The number of nitrogens with zero attached hydrogens (tertiary/aromatic N) is 1. The number of rotatable bonds is 7. The third kappa shape index (κ3) is 4.92. The molecule has 1 heterocycles. The van der Waals surface area contributed by atoms with Crippen LogP contribution in [0.5, 0.6) is 5.75 Å². The van der Waals surface area contributed by atoms with Gasteiger partial charge in [-0.2, -0.15) is 0 Å². The van der Waals surface area contributed by atoms with Gasteiger partial charge in [0.15, 0.2) is 0 Å². The normalized spacial score (nSPS) is 19.0. The lowest BCUT2D eigenvalue weighted by Crippen LogP contribution is -2.50. The Morgan fingerprint density at radius 3 is 2.91 bits per heavy atom. The van der Waals surface area contributed by atoms with Gasteiger partial charge in [-0.25, -0.2) is 13.1 Å². The summed E-state index contributed by atoms with van der Waals surface area (Å²) >= 11 is 0. The predicted molar refractivity (Wildman–Crippen MR) is 87.2 cm³/mol. The highest BCUT2D eigenvalue weighted by molar-refractivity contribution is 7.89. The molecule has 1 unspecified atom stereocenters. The highest BCUT2D eigenvalue weighted by Gasteiger charge is 2.28. The van der Waals surface area contributed by atoms with E-state index in [0.717, 1.165) is 0 Å². The fourth-order valence-electron chi connectivity index (χ4n) is 2.34. The van der Waals surface area contributed by atoms with E-state index in [1.807, 2.05) is 6.07 Å². The number of hydrogen-bond donors (Lipinski definition) is 1. The summed E-state index contributed by atoms with van der Waals surface area (Å²) < 4.78 is 36.5. The SMILES string of the molecule is CCCS(=O)(=O)NCC1CN(c2cccc(OC)c2)C(=O)CO1. The molecule has 7 nitrogen and oxygen atoms in total. The average molecular weight is 342 g/mol. The fourth-order valence-corrected chi connectivity index (χ4v) is 3.46. The van der Waals surface area contributed by atoms with E-state index >= 15 is 0 Å². The zero-order valence-corrected chi connectivity index (χ0v) is 14.1. The van der Waals surface area contributed by atoms with Gasteiger partial charge < -0.3 is 14.4 Å². The molecule has 0 radical (unpaired) electrons. The van der Waals surface area contributed by atoms with E-state index < -0.39 is 10.0 Å². The summed E-state index contributed by atoms with van der Waals surface area (Å²) in [6.07, 6.45) is 0.167. The van der Waals surface area contributed by atoms with Crippen molar-refractivity contribution in [1.82, 2.24) is 4.72 Å². The van der Waals surface area contributed by atoms with Crippen molar-refractivity contribution in [3.8, 4) is 5.75 Å². The van der Waals surface area contributed by atoms with Crippen molar-refractivity contribution in [3.63, 3.8) is 0 Å². The smallest absolute Gasteiger partial charge is 0.253 e. The Morgan fingerprint density at radius 2 is 2.22 bits per heavy atom. The first kappa shape index (κ1) is 17.7. The van der Waals surface area contributed by atoms with E-state index in [2.05, 4.69) is 4.72 Å². The van der Waals surface area contributed by atoms with E-state index in [4.69, 9.17) is 9.47 Å². The Labute approximate surface area is 136 Å². The molecule has 1 N–H and O–H groups in total. The van der Waals surface area contributed by atoms with Gasteiger partial charge >= 0.3 is 0 Å². The van der Waals surface area contributed by atoms with Crippen molar-refractivity contribution in [3.05, 3.63) is 24.3 Å². The van der Waals surface area contributed by atoms with Crippen LogP contribution in [0.2, 0.25) is 0 Å². The van der Waals surface area contributed by atoms with Gasteiger partial charge in [-0.3, -0.25) is 4.79 Å². The number of nitrogens with one attached hydrogen (secondary N) is 1. The summed E-state index contributed by atoms with van der Waals surface area (Å²) in [4.78, 5) is 13.7. The zero-order chi connectivity index (χ0) is 16.9. The Kier molecular flexibility index (Phi) is 5.97. The third-order valence-electron chi connectivity index (χ3n) is 3.50. The van der Waals surface area contributed by atoms with Gasteiger partial charge in [0.05, 0.1) is 25.5 Å². The molecule has 0 aromatic heterocycles. The Morgan fingerprint density at radius 1 is 1.43 bits per heavy atom. The molecule has 23 heavy (non-hydrogen) atoms. The minimum atomic E-state index is -3.29. The van der Waals surface area contributed by atoms with Crippen molar-refractivity contribution in [1.29, 1.82) is 0 Å². The van der Waals surface area contributed by atoms with Gasteiger partial charge in [0.1, 0.15) is 12.4 Å². The summed E-state index contributed by atoms with van der Waals surface area (Å²) in [5.41, 5.74) is 0.707. The molecule has 1 fully saturated rings. The lowest BCUT2D eigenvalue weighted by atomic mass is 10.2. The first-order chi connectivity index (χ1) is 10.9. The minimum Gasteiger partial charge on any atom is -0.497 e. The number of methoxy groups -OCH3 is 1. The molecule has 2 rings (SSSR count). The second kappa shape index (κ2) is 7.76. The predicted octanol–water partition coefficient (Wildman–Crippen LogP) is 0.756. The number of ether oxygens (including phenoxy) is 2. The van der Waals surface area contributed by atoms with E-state index in [1.165, 1.54) is 0 Å². The quantitative estimate of drug-likeness (QED) is 0.791. The summed E-state index contributed by atoms with van der Waals surface area (Å²) in [5, 5.41) is 0. The molecule has 1 aromatic carbocycles. The minimum absolute atomic E-state index is 0.0720. The number of morpholine rings is 1. The van der Waals surface area contributed by atoms with Gasteiger partial charge in [-0.05, 0) is 18.6 Å². The molecule has 1 aliphatic heterocycles. The molecule has 1 aliphatic rings. The van der Waals surface area contributed by atoms with Crippen LogP contribution in [0.25, 0.3) is 0 Å². The molecular weight excluding hydrogens is 320 g/mol. The highest BCUT2D eigenvalue weighted by Crippen LogP contribution is 2.23. The summed E-state index contributed by atoms with van der Waals surface area (Å²) in [5.74, 6) is 0.575. The summed E-state index contributed by atoms with van der Waals surface area (Å²) in [6, 6.07) is 7.17. The largest absolute Gasteiger partial charge is 0.497 e. The topological polar surface area (TPSA) is 84.9 Å². The van der Waals surface area contributed by atoms with Gasteiger partial charge in [0, 0.05) is 18.3 Å². The van der Waals surface area contributed by atoms with Crippen molar-refractivity contribution in [2.75, 3.05) is 37.5 Å². The second-order valence-corrected chi connectivity index (χ2v) is 7.23. The molecule has 8 heteroatoms. The van der Waals surface area contributed by atoms with Gasteiger partial charge in [0.25, 0.3) is 5.91 Å². The number of benzene rings is 1. The van der Waals surface area contributed by atoms with Gasteiger partial charge in [0.2, 0.25) is 10.0 Å². The van der Waals surface area contributed by atoms with Crippen LogP contribution in [0.3, 0.4) is 0 Å². The first-order valence-electron chi connectivity index (χ1n) is 7.48. The number of carbonyl (C=O) groups excluding carboxylic acids is 1. The van der Waals surface area contributed by atoms with Crippen LogP contribution in [-0.2, 0) is 19.6 Å². The lowest BCUT2D eigenvalue weighted by Gasteiger charge is -2.33. The van der Waals surface area contributed by atoms with Crippen LogP contribution in [0.15, 0.2) is 24.3 Å². The molecule has 0 aliphatic carbocycles. The fraction of sp³-hybridized carbons (Fsp3) is 0.533. The molecule has 1 saturated heterocycles. The Balaban J connectivity index is 2.03.